The first kappa shape index (κ1) is 8.09. The zero-order valence-corrected chi connectivity index (χ0v) is 6.82. The van der Waals surface area contributed by atoms with Gasteiger partial charge < -0.3 is 0 Å². The zero-order valence-electron chi connectivity index (χ0n) is 5.93. The molecule has 0 N–H and O–H groups in total. The summed E-state index contributed by atoms with van der Waals surface area (Å²) in [6.07, 6.45) is 0. The molecule has 0 saturated heterocycles. The standard InChI is InChI=1S/C8H6FNS/c1-5-2-6(4-10)8(11)7(9)3-5/h2-3,11H,1H3. The summed E-state index contributed by atoms with van der Waals surface area (Å²) in [6, 6.07) is 4.81. The van der Waals surface area contributed by atoms with Gasteiger partial charge in [-0.25, -0.2) is 4.39 Å². The van der Waals surface area contributed by atoms with Crippen molar-refractivity contribution in [2.24, 2.45) is 0 Å². The lowest BCUT2D eigenvalue weighted by Gasteiger charge is -1.98. The maximum atomic E-state index is 12.8. The average Bonchev–Trinajstić information content (AvgIpc) is 1.96. The zero-order chi connectivity index (χ0) is 8.43. The number of thiol groups is 1. The minimum absolute atomic E-state index is 0.123. The van der Waals surface area contributed by atoms with E-state index in [0.29, 0.717) is 0 Å². The van der Waals surface area contributed by atoms with Crippen LogP contribution in [0.15, 0.2) is 17.0 Å². The van der Waals surface area contributed by atoms with Crippen molar-refractivity contribution in [1.29, 1.82) is 5.26 Å². The Bertz CT molecular complexity index is 328. The molecule has 1 nitrogen and oxygen atoms in total. The van der Waals surface area contributed by atoms with Gasteiger partial charge in [0.15, 0.2) is 0 Å². The molecule has 0 aliphatic heterocycles. The van der Waals surface area contributed by atoms with Crippen molar-refractivity contribution in [2.45, 2.75) is 11.8 Å². The Balaban J connectivity index is 3.39. The van der Waals surface area contributed by atoms with Crippen molar-refractivity contribution in [3.63, 3.8) is 0 Å². The highest BCUT2D eigenvalue weighted by Crippen LogP contribution is 2.18. The molecule has 0 radical (unpaired) electrons. The smallest absolute Gasteiger partial charge is 0.138 e. The van der Waals surface area contributed by atoms with Gasteiger partial charge in [0.2, 0.25) is 0 Å². The Morgan fingerprint density at radius 3 is 2.73 bits per heavy atom. The van der Waals surface area contributed by atoms with Gasteiger partial charge in [-0.05, 0) is 24.6 Å². The second-order valence-electron chi connectivity index (χ2n) is 2.25. The maximum Gasteiger partial charge on any atom is 0.138 e. The number of hydrogen-bond acceptors (Lipinski definition) is 2. The monoisotopic (exact) mass is 167 g/mol. The van der Waals surface area contributed by atoms with E-state index in [2.05, 4.69) is 12.6 Å². The van der Waals surface area contributed by atoms with Crippen LogP contribution in [0.5, 0.6) is 0 Å². The summed E-state index contributed by atoms with van der Waals surface area (Å²) in [6.45, 7) is 1.73. The summed E-state index contributed by atoms with van der Waals surface area (Å²) >= 11 is 3.84. The first-order valence-electron chi connectivity index (χ1n) is 3.04. The van der Waals surface area contributed by atoms with Gasteiger partial charge in [-0.15, -0.1) is 12.6 Å². The summed E-state index contributed by atoms with van der Waals surface area (Å²) in [4.78, 5) is 0.123. The lowest BCUT2D eigenvalue weighted by atomic mass is 10.1. The SMILES string of the molecule is Cc1cc(F)c(S)c(C#N)c1. The highest BCUT2D eigenvalue weighted by molar-refractivity contribution is 7.80. The molecule has 0 heterocycles. The average molecular weight is 167 g/mol. The highest BCUT2D eigenvalue weighted by Gasteiger charge is 2.04. The first-order chi connectivity index (χ1) is 5.15. The number of halogens is 1. The molecule has 1 aromatic rings. The van der Waals surface area contributed by atoms with Crippen LogP contribution in [0.4, 0.5) is 4.39 Å². The molecule has 0 aliphatic rings. The van der Waals surface area contributed by atoms with E-state index in [9.17, 15) is 4.39 Å². The van der Waals surface area contributed by atoms with Gasteiger partial charge in [-0.2, -0.15) is 5.26 Å². The Hall–Kier alpha value is -1.01. The minimum Gasteiger partial charge on any atom is -0.206 e. The lowest BCUT2D eigenvalue weighted by molar-refractivity contribution is 0.600. The molecule has 0 aromatic heterocycles. The summed E-state index contributed by atoms with van der Waals surface area (Å²) in [5.74, 6) is -0.440. The molecule has 0 spiro atoms. The topological polar surface area (TPSA) is 23.8 Å². The van der Waals surface area contributed by atoms with Crippen molar-refractivity contribution in [1.82, 2.24) is 0 Å². The maximum absolute atomic E-state index is 12.8. The van der Waals surface area contributed by atoms with E-state index in [4.69, 9.17) is 5.26 Å². The fourth-order valence-electron chi connectivity index (χ4n) is 0.820. The molecule has 0 unspecified atom stereocenters. The fraction of sp³-hybridized carbons (Fsp3) is 0.125. The van der Waals surface area contributed by atoms with Crippen molar-refractivity contribution in [3.05, 3.63) is 29.1 Å². The molecule has 0 atom stereocenters. The van der Waals surface area contributed by atoms with Crippen molar-refractivity contribution in [2.75, 3.05) is 0 Å². The van der Waals surface area contributed by atoms with Crippen molar-refractivity contribution in [3.8, 4) is 6.07 Å². The molecule has 56 valence electrons. The minimum atomic E-state index is -0.440. The summed E-state index contributed by atoms with van der Waals surface area (Å²) in [5.41, 5.74) is 1.02. The molecule has 0 aliphatic carbocycles. The second kappa shape index (κ2) is 2.93. The van der Waals surface area contributed by atoms with E-state index < -0.39 is 5.82 Å². The van der Waals surface area contributed by atoms with Crippen LogP contribution in [0.2, 0.25) is 0 Å². The number of nitrogens with zero attached hydrogens (tertiary/aromatic N) is 1. The quantitative estimate of drug-likeness (QED) is 0.589. The van der Waals surface area contributed by atoms with Gasteiger partial charge in [-0.3, -0.25) is 0 Å². The van der Waals surface area contributed by atoms with Crippen LogP contribution in [-0.2, 0) is 0 Å². The van der Waals surface area contributed by atoms with Gasteiger partial charge >= 0.3 is 0 Å². The van der Waals surface area contributed by atoms with Gasteiger partial charge in [-0.1, -0.05) is 0 Å². The molecular weight excluding hydrogens is 161 g/mol. The number of benzene rings is 1. The predicted molar refractivity (Wildman–Crippen MR) is 43.1 cm³/mol. The van der Waals surface area contributed by atoms with E-state index in [1.807, 2.05) is 6.07 Å². The molecule has 0 bridgehead atoms. The summed E-state index contributed by atoms with van der Waals surface area (Å²) in [5, 5.41) is 8.50. The van der Waals surface area contributed by atoms with Crippen LogP contribution in [0.1, 0.15) is 11.1 Å². The molecule has 1 aromatic carbocycles. The van der Waals surface area contributed by atoms with Crippen LogP contribution in [0.3, 0.4) is 0 Å². The van der Waals surface area contributed by atoms with Crippen LogP contribution in [0, 0.1) is 24.1 Å². The summed E-state index contributed by atoms with van der Waals surface area (Å²) < 4.78 is 12.8. The van der Waals surface area contributed by atoms with Gasteiger partial charge in [0.1, 0.15) is 11.9 Å². The Labute approximate surface area is 69.9 Å². The molecule has 11 heavy (non-hydrogen) atoms. The van der Waals surface area contributed by atoms with Gasteiger partial charge in [0.05, 0.1) is 10.5 Å². The predicted octanol–water partition coefficient (Wildman–Crippen LogP) is 2.29. The van der Waals surface area contributed by atoms with Gasteiger partial charge in [0.25, 0.3) is 0 Å². The van der Waals surface area contributed by atoms with E-state index in [0.717, 1.165) is 5.56 Å². The number of hydrogen-bond donors (Lipinski definition) is 1. The molecule has 0 saturated carbocycles. The van der Waals surface area contributed by atoms with Crippen molar-refractivity contribution >= 4 is 12.6 Å². The Morgan fingerprint density at radius 2 is 2.18 bits per heavy atom. The van der Waals surface area contributed by atoms with E-state index >= 15 is 0 Å². The third-order valence-electron chi connectivity index (χ3n) is 1.33. The molecule has 1 rings (SSSR count). The third-order valence-corrected chi connectivity index (χ3v) is 1.78. The Kier molecular flexibility index (Phi) is 2.16. The van der Waals surface area contributed by atoms with E-state index in [1.165, 1.54) is 6.07 Å². The molecular formula is C8H6FNS. The molecule has 0 amide bonds. The summed E-state index contributed by atoms with van der Waals surface area (Å²) in [7, 11) is 0. The van der Waals surface area contributed by atoms with Crippen LogP contribution in [-0.4, -0.2) is 0 Å². The number of aryl methyl sites for hydroxylation is 1. The van der Waals surface area contributed by atoms with Crippen LogP contribution >= 0.6 is 12.6 Å². The molecule has 3 heteroatoms. The lowest BCUT2D eigenvalue weighted by Crippen LogP contribution is -1.86. The van der Waals surface area contributed by atoms with E-state index in [-0.39, 0.29) is 10.5 Å². The van der Waals surface area contributed by atoms with E-state index in [1.54, 1.807) is 13.0 Å². The van der Waals surface area contributed by atoms with Gasteiger partial charge in [0, 0.05) is 0 Å². The molecule has 0 fully saturated rings. The van der Waals surface area contributed by atoms with Crippen LogP contribution in [0.25, 0.3) is 0 Å². The third kappa shape index (κ3) is 1.52. The van der Waals surface area contributed by atoms with Crippen molar-refractivity contribution < 1.29 is 4.39 Å². The van der Waals surface area contributed by atoms with Crippen LogP contribution < -0.4 is 0 Å². The normalized spacial score (nSPS) is 9.27. The highest BCUT2D eigenvalue weighted by atomic mass is 32.1. The largest absolute Gasteiger partial charge is 0.206 e. The number of rotatable bonds is 0. The Morgan fingerprint density at radius 1 is 1.55 bits per heavy atom. The number of nitriles is 1. The fourth-order valence-corrected chi connectivity index (χ4v) is 0.999. The first-order valence-corrected chi connectivity index (χ1v) is 3.49. The second-order valence-corrected chi connectivity index (χ2v) is 2.70.